The van der Waals surface area contributed by atoms with Gasteiger partial charge in [0.2, 0.25) is 0 Å². The van der Waals surface area contributed by atoms with Gasteiger partial charge in [-0.05, 0) is 103 Å². The quantitative estimate of drug-likeness (QED) is 0.310. The summed E-state index contributed by atoms with van der Waals surface area (Å²) in [7, 11) is 0. The molecule has 0 amide bonds. The minimum Gasteiger partial charge on any atom is -0.432 e. The number of ether oxygens (including phenoxy) is 1. The highest BCUT2D eigenvalue weighted by molar-refractivity contribution is 6.30. The molecule has 0 aromatic heterocycles. The summed E-state index contributed by atoms with van der Waals surface area (Å²) in [5.41, 5.74) is 3.69. The molecule has 5 heteroatoms. The van der Waals surface area contributed by atoms with Gasteiger partial charge in [-0.25, -0.2) is 4.39 Å². The third-order valence-electron chi connectivity index (χ3n) is 8.44. The minimum atomic E-state index is -3.22. The van der Waals surface area contributed by atoms with Gasteiger partial charge < -0.3 is 4.74 Å². The van der Waals surface area contributed by atoms with Crippen molar-refractivity contribution in [1.82, 2.24) is 0 Å². The summed E-state index contributed by atoms with van der Waals surface area (Å²) in [5, 5.41) is 0.482. The molecule has 196 valence electrons. The zero-order valence-corrected chi connectivity index (χ0v) is 22.0. The van der Waals surface area contributed by atoms with Gasteiger partial charge in [0.05, 0.1) is 5.92 Å². The zero-order chi connectivity index (χ0) is 26.0. The maximum atomic E-state index is 15.1. The number of hydrogen-bond donors (Lipinski definition) is 0. The maximum absolute atomic E-state index is 15.1. The Balaban J connectivity index is 1.19. The van der Waals surface area contributed by atoms with E-state index < -0.39 is 12.0 Å². The Morgan fingerprint density at radius 2 is 1.30 bits per heavy atom. The lowest BCUT2D eigenvalue weighted by molar-refractivity contribution is -0.222. The SMILES string of the molecule is CC1CCC(c2ccc(-c3ccc(C4CCC(C(F)(F)Oc5ccc(Cl)cc5)CC4)cc3)c(F)c2)CC1. The lowest BCUT2D eigenvalue weighted by Crippen LogP contribution is -2.36. The first-order valence-electron chi connectivity index (χ1n) is 13.5. The molecule has 0 spiro atoms. The van der Waals surface area contributed by atoms with E-state index in [0.29, 0.717) is 42.2 Å². The molecule has 5 rings (SSSR count). The molecule has 0 aliphatic heterocycles. The molecule has 0 unspecified atom stereocenters. The molecule has 2 aliphatic rings. The zero-order valence-electron chi connectivity index (χ0n) is 21.2. The van der Waals surface area contributed by atoms with Crippen LogP contribution in [0.1, 0.15) is 81.3 Å². The van der Waals surface area contributed by atoms with Crippen LogP contribution in [-0.4, -0.2) is 6.11 Å². The summed E-state index contributed by atoms with van der Waals surface area (Å²) in [5.74, 6) is 0.582. The van der Waals surface area contributed by atoms with Crippen LogP contribution in [0.4, 0.5) is 13.2 Å². The van der Waals surface area contributed by atoms with Gasteiger partial charge in [-0.1, -0.05) is 67.8 Å². The summed E-state index contributed by atoms with van der Waals surface area (Å²) in [4.78, 5) is 0. The van der Waals surface area contributed by atoms with Crippen molar-refractivity contribution in [2.24, 2.45) is 11.8 Å². The van der Waals surface area contributed by atoms with Crippen LogP contribution in [0.25, 0.3) is 11.1 Å². The van der Waals surface area contributed by atoms with Crippen LogP contribution < -0.4 is 4.74 Å². The summed E-state index contributed by atoms with van der Waals surface area (Å²) >= 11 is 5.84. The predicted octanol–water partition coefficient (Wildman–Crippen LogP) is 10.4. The first-order chi connectivity index (χ1) is 17.8. The van der Waals surface area contributed by atoms with E-state index in [1.165, 1.54) is 25.0 Å². The van der Waals surface area contributed by atoms with E-state index in [9.17, 15) is 8.78 Å². The van der Waals surface area contributed by atoms with Crippen molar-refractivity contribution in [1.29, 1.82) is 0 Å². The maximum Gasteiger partial charge on any atom is 0.400 e. The Morgan fingerprint density at radius 1 is 0.730 bits per heavy atom. The van der Waals surface area contributed by atoms with Crippen molar-refractivity contribution in [2.45, 2.75) is 76.2 Å². The standard InChI is InChI=1S/C32H34ClF3O/c1-21-2-4-24(5-3-21)26-12-19-30(31(34)20-26)25-8-6-22(7-9-25)23-10-13-27(14-11-23)32(35,36)37-29-17-15-28(33)16-18-29/h6-9,12,15-21,23-24,27H,2-5,10-11,13-14H2,1H3. The van der Waals surface area contributed by atoms with E-state index in [2.05, 4.69) is 13.0 Å². The highest BCUT2D eigenvalue weighted by atomic mass is 35.5. The van der Waals surface area contributed by atoms with E-state index in [1.807, 2.05) is 30.3 Å². The molecule has 0 heterocycles. The lowest BCUT2D eigenvalue weighted by atomic mass is 9.78. The molecule has 2 aliphatic carbocycles. The third-order valence-corrected chi connectivity index (χ3v) is 8.70. The van der Waals surface area contributed by atoms with E-state index >= 15 is 4.39 Å². The fourth-order valence-electron chi connectivity index (χ4n) is 6.05. The number of benzene rings is 3. The molecule has 0 N–H and O–H groups in total. The van der Waals surface area contributed by atoms with Crippen LogP contribution in [0.2, 0.25) is 5.02 Å². The van der Waals surface area contributed by atoms with Gasteiger partial charge in [-0.15, -0.1) is 0 Å². The van der Waals surface area contributed by atoms with Crippen LogP contribution >= 0.6 is 11.6 Å². The first kappa shape index (κ1) is 26.2. The highest BCUT2D eigenvalue weighted by Crippen LogP contribution is 2.44. The van der Waals surface area contributed by atoms with Crippen LogP contribution in [0, 0.1) is 17.7 Å². The second kappa shape index (κ2) is 11.1. The Bertz CT molecular complexity index is 1180. The number of hydrogen-bond acceptors (Lipinski definition) is 1. The van der Waals surface area contributed by atoms with E-state index in [1.54, 1.807) is 18.2 Å². The molecular weight excluding hydrogens is 493 g/mol. The van der Waals surface area contributed by atoms with Crippen molar-refractivity contribution < 1.29 is 17.9 Å². The highest BCUT2D eigenvalue weighted by Gasteiger charge is 2.44. The molecule has 1 nitrogen and oxygen atoms in total. The Labute approximate surface area is 223 Å². The van der Waals surface area contributed by atoms with E-state index in [0.717, 1.165) is 35.4 Å². The molecule has 37 heavy (non-hydrogen) atoms. The summed E-state index contributed by atoms with van der Waals surface area (Å²) in [6.07, 6.45) is 3.61. The molecule has 3 aromatic rings. The van der Waals surface area contributed by atoms with Crippen molar-refractivity contribution in [3.8, 4) is 16.9 Å². The van der Waals surface area contributed by atoms with E-state index in [-0.39, 0.29) is 17.5 Å². The fraction of sp³-hybridized carbons (Fsp3) is 0.438. The largest absolute Gasteiger partial charge is 0.432 e. The van der Waals surface area contributed by atoms with Gasteiger partial charge in [-0.3, -0.25) is 0 Å². The van der Waals surface area contributed by atoms with Gasteiger partial charge in [0, 0.05) is 10.6 Å². The molecular formula is C32H34ClF3O. The molecule has 3 aromatic carbocycles. The summed E-state index contributed by atoms with van der Waals surface area (Å²) in [6.45, 7) is 2.29. The Hall–Kier alpha value is -2.46. The van der Waals surface area contributed by atoms with Crippen LogP contribution in [0.3, 0.4) is 0 Å². The van der Waals surface area contributed by atoms with Crippen molar-refractivity contribution >= 4 is 11.6 Å². The monoisotopic (exact) mass is 526 g/mol. The van der Waals surface area contributed by atoms with Crippen molar-refractivity contribution in [3.05, 3.63) is 88.7 Å². The number of halogens is 4. The second-order valence-electron chi connectivity index (χ2n) is 11.0. The summed E-state index contributed by atoms with van der Waals surface area (Å²) in [6, 6.07) is 19.7. The fourth-order valence-corrected chi connectivity index (χ4v) is 6.18. The van der Waals surface area contributed by atoms with Gasteiger partial charge in [0.15, 0.2) is 0 Å². The van der Waals surface area contributed by atoms with E-state index in [4.69, 9.17) is 16.3 Å². The van der Waals surface area contributed by atoms with Gasteiger partial charge in [0.25, 0.3) is 0 Å². The van der Waals surface area contributed by atoms with Crippen molar-refractivity contribution in [2.75, 3.05) is 0 Å². The number of alkyl halides is 2. The molecule has 2 fully saturated rings. The first-order valence-corrected chi connectivity index (χ1v) is 13.9. The molecule has 0 radical (unpaired) electrons. The average molecular weight is 527 g/mol. The molecule has 2 saturated carbocycles. The lowest BCUT2D eigenvalue weighted by Gasteiger charge is -2.33. The van der Waals surface area contributed by atoms with Crippen LogP contribution in [0.5, 0.6) is 5.75 Å². The second-order valence-corrected chi connectivity index (χ2v) is 11.4. The summed E-state index contributed by atoms with van der Waals surface area (Å²) < 4.78 is 49.7. The Morgan fingerprint density at radius 3 is 1.92 bits per heavy atom. The molecule has 0 atom stereocenters. The number of rotatable bonds is 6. The van der Waals surface area contributed by atoms with Crippen LogP contribution in [-0.2, 0) is 0 Å². The Kier molecular flexibility index (Phi) is 7.85. The van der Waals surface area contributed by atoms with Gasteiger partial charge in [-0.2, -0.15) is 8.78 Å². The van der Waals surface area contributed by atoms with Gasteiger partial charge in [0.1, 0.15) is 11.6 Å². The minimum absolute atomic E-state index is 0.126. The smallest absolute Gasteiger partial charge is 0.400 e. The van der Waals surface area contributed by atoms with Crippen LogP contribution in [0.15, 0.2) is 66.7 Å². The average Bonchev–Trinajstić information content (AvgIpc) is 2.90. The molecule has 0 saturated heterocycles. The molecule has 0 bridgehead atoms. The van der Waals surface area contributed by atoms with Crippen molar-refractivity contribution in [3.63, 3.8) is 0 Å². The predicted molar refractivity (Wildman–Crippen MR) is 144 cm³/mol. The van der Waals surface area contributed by atoms with Gasteiger partial charge >= 0.3 is 6.11 Å². The topological polar surface area (TPSA) is 9.23 Å². The third kappa shape index (κ3) is 6.17. The normalized spacial score (nSPS) is 24.6.